The van der Waals surface area contributed by atoms with Gasteiger partial charge in [0, 0.05) is 0 Å². The summed E-state index contributed by atoms with van der Waals surface area (Å²) in [7, 11) is 0. The average Bonchev–Trinajstić information content (AvgIpc) is 2.85. The van der Waals surface area contributed by atoms with Gasteiger partial charge in [0.25, 0.3) is 0 Å². The molecule has 0 aromatic heterocycles. The zero-order valence-corrected chi connectivity index (χ0v) is 23.7. The van der Waals surface area contributed by atoms with Crippen LogP contribution in [0.4, 0.5) is 0 Å². The fourth-order valence-corrected chi connectivity index (χ4v) is 18.0. The fourth-order valence-electron chi connectivity index (χ4n) is 3.56. The van der Waals surface area contributed by atoms with Crippen LogP contribution in [0.2, 0.25) is 5.02 Å². The molecule has 0 aliphatic carbocycles. The number of carbonyl (C=O) groups excluding carboxylic acids is 1. The number of thioether (sulfide) groups is 1. The van der Waals surface area contributed by atoms with Crippen LogP contribution in [0.3, 0.4) is 0 Å². The molecule has 0 radical (unpaired) electrons. The van der Waals surface area contributed by atoms with Gasteiger partial charge in [-0.05, 0) is 0 Å². The van der Waals surface area contributed by atoms with Crippen LogP contribution in [-0.4, -0.2) is 31.4 Å². The van der Waals surface area contributed by atoms with Gasteiger partial charge >= 0.3 is 194 Å². The van der Waals surface area contributed by atoms with E-state index in [9.17, 15) is 4.79 Å². The molecule has 1 aliphatic rings. The summed E-state index contributed by atoms with van der Waals surface area (Å²) >= 11 is 11.7. The first-order valence-corrected chi connectivity index (χ1v) is 17.1. The second kappa shape index (κ2) is 9.54. The molecular weight excluding hydrogens is 510 g/mol. The van der Waals surface area contributed by atoms with E-state index in [0.717, 1.165) is 15.6 Å². The van der Waals surface area contributed by atoms with Crippen molar-refractivity contribution in [3.8, 4) is 0 Å². The van der Waals surface area contributed by atoms with E-state index in [2.05, 4.69) is 52.8 Å². The zero-order chi connectivity index (χ0) is 21.3. The maximum absolute atomic E-state index is 12.1. The van der Waals surface area contributed by atoms with Crippen molar-refractivity contribution in [2.75, 3.05) is 0 Å². The third-order valence-corrected chi connectivity index (χ3v) is 18.7. The van der Waals surface area contributed by atoms with E-state index in [1.807, 2.05) is 37.7 Å². The first-order chi connectivity index (χ1) is 12.8. The molecule has 1 aliphatic heterocycles. The number of benzene rings is 1. The second-order valence-corrected chi connectivity index (χ2v) is 20.5. The normalized spacial score (nSPS) is 15.5. The topological polar surface area (TPSA) is 17.1 Å². The van der Waals surface area contributed by atoms with Gasteiger partial charge in [0.1, 0.15) is 0 Å². The SMILES string of the molecule is CC(C)[C]1=CC(SC(C)(C)C)=[C](CC(C)(C)C(=O)Cl)[In]1[CH2]c1ccc(Cl)cc1. The van der Waals surface area contributed by atoms with Gasteiger partial charge in [-0.25, -0.2) is 0 Å². The second-order valence-electron chi connectivity index (χ2n) is 9.62. The summed E-state index contributed by atoms with van der Waals surface area (Å²) in [5, 5.41) is 0.535. The van der Waals surface area contributed by atoms with Crippen LogP contribution < -0.4 is 0 Å². The van der Waals surface area contributed by atoms with Gasteiger partial charge in [-0.15, -0.1) is 0 Å². The Kier molecular flexibility index (Phi) is 8.32. The van der Waals surface area contributed by atoms with Gasteiger partial charge in [0.15, 0.2) is 0 Å². The maximum atomic E-state index is 12.1. The number of hydrogen-bond acceptors (Lipinski definition) is 2. The van der Waals surface area contributed by atoms with Crippen molar-refractivity contribution in [3.63, 3.8) is 0 Å². The summed E-state index contributed by atoms with van der Waals surface area (Å²) < 4.78 is 4.46. The molecule has 0 amide bonds. The summed E-state index contributed by atoms with van der Waals surface area (Å²) in [6.07, 6.45) is 3.23. The van der Waals surface area contributed by atoms with E-state index in [1.165, 1.54) is 10.5 Å². The number of rotatable bonds is 7. The standard InChI is InChI=1S/C16H25ClOS.C7H6Cl.In/c1-12(2)8-9-13(19-15(3,4)5)10-11-16(6,7)14(17)18;1-6-2-4-7(8)5-3-6;/h9,12H,11H2,1-7H3;2-5H,1H2;. The van der Waals surface area contributed by atoms with Gasteiger partial charge in [-0.2, -0.15) is 0 Å². The molecule has 28 heavy (non-hydrogen) atoms. The minimum absolute atomic E-state index is 0.134. The van der Waals surface area contributed by atoms with E-state index >= 15 is 0 Å². The van der Waals surface area contributed by atoms with Crippen molar-refractivity contribution in [2.24, 2.45) is 11.3 Å². The number of hydrogen-bond donors (Lipinski definition) is 0. The van der Waals surface area contributed by atoms with Crippen molar-refractivity contribution in [1.82, 2.24) is 0 Å². The fraction of sp³-hybridized carbons (Fsp3) is 0.522. The Morgan fingerprint density at radius 2 is 1.68 bits per heavy atom. The summed E-state index contributed by atoms with van der Waals surface area (Å²) in [6.45, 7) is 15.3. The molecule has 0 bridgehead atoms. The Bertz CT molecular complexity index is 786. The number of carbonyl (C=O) groups is 1. The molecule has 5 heteroatoms. The van der Waals surface area contributed by atoms with Gasteiger partial charge < -0.3 is 0 Å². The van der Waals surface area contributed by atoms with E-state index in [1.54, 1.807) is 6.66 Å². The Balaban J connectivity index is 2.49. The number of halogens is 2. The number of allylic oxidation sites excluding steroid dienone is 3. The van der Waals surface area contributed by atoms with Gasteiger partial charge in [0.05, 0.1) is 0 Å². The minimum atomic E-state index is -2.32. The monoisotopic (exact) mass is 540 g/mol. The van der Waals surface area contributed by atoms with Crippen LogP contribution in [0.15, 0.2) is 41.9 Å². The van der Waals surface area contributed by atoms with Crippen molar-refractivity contribution < 1.29 is 4.79 Å². The van der Waals surface area contributed by atoms with E-state index in [0.29, 0.717) is 5.92 Å². The molecule has 0 unspecified atom stereocenters. The first-order valence-electron chi connectivity index (χ1n) is 9.88. The summed E-state index contributed by atoms with van der Waals surface area (Å²) in [6, 6.07) is 8.27. The molecule has 0 atom stereocenters. The average molecular weight is 541 g/mol. The first kappa shape index (κ1) is 24.4. The molecule has 0 N–H and O–H groups in total. The third kappa shape index (κ3) is 6.59. The Morgan fingerprint density at radius 3 is 2.14 bits per heavy atom. The summed E-state index contributed by atoms with van der Waals surface area (Å²) in [4.78, 5) is 13.5. The Hall–Kier alpha value is 0.170. The van der Waals surface area contributed by atoms with Gasteiger partial charge in [-0.3, -0.25) is 0 Å². The molecular formula is C23H31Cl2InOS. The molecule has 152 valence electrons. The predicted molar refractivity (Wildman–Crippen MR) is 127 cm³/mol. The van der Waals surface area contributed by atoms with Crippen molar-refractivity contribution in [1.29, 1.82) is 0 Å². The van der Waals surface area contributed by atoms with Crippen LogP contribution in [0, 0.1) is 11.3 Å². The molecule has 2 rings (SSSR count). The van der Waals surface area contributed by atoms with Gasteiger partial charge in [0.2, 0.25) is 0 Å². The molecule has 0 saturated heterocycles. The van der Waals surface area contributed by atoms with Crippen molar-refractivity contribution >= 4 is 61.6 Å². The Morgan fingerprint density at radius 1 is 1.11 bits per heavy atom. The summed E-state index contributed by atoms with van der Waals surface area (Å²) in [5.74, 6) is 0.538. The molecule has 1 aromatic rings. The van der Waals surface area contributed by atoms with Crippen LogP contribution in [0.1, 0.15) is 60.5 Å². The van der Waals surface area contributed by atoms with Crippen LogP contribution >= 0.6 is 35.0 Å². The molecule has 1 aromatic carbocycles. The zero-order valence-electron chi connectivity index (χ0n) is 18.0. The van der Waals surface area contributed by atoms with E-state index < -0.39 is 26.9 Å². The quantitative estimate of drug-likeness (QED) is 0.332. The van der Waals surface area contributed by atoms with Crippen molar-refractivity contribution in [3.05, 3.63) is 52.5 Å². The van der Waals surface area contributed by atoms with Crippen molar-refractivity contribution in [2.45, 2.75) is 63.8 Å². The molecule has 0 fully saturated rings. The van der Waals surface area contributed by atoms with E-state index in [4.69, 9.17) is 23.2 Å². The van der Waals surface area contributed by atoms with E-state index in [-0.39, 0.29) is 9.99 Å². The third-order valence-electron chi connectivity index (χ3n) is 5.04. The molecule has 1 heterocycles. The molecule has 1 nitrogen and oxygen atoms in total. The molecule has 0 spiro atoms. The predicted octanol–water partition coefficient (Wildman–Crippen LogP) is 7.56. The van der Waals surface area contributed by atoms with Crippen LogP contribution in [-0.2, 0) is 8.97 Å². The van der Waals surface area contributed by atoms with Gasteiger partial charge in [-0.1, -0.05) is 0 Å². The molecule has 0 saturated carbocycles. The summed E-state index contributed by atoms with van der Waals surface area (Å²) in [5.41, 5.74) is 0.821. The van der Waals surface area contributed by atoms with Crippen LogP contribution in [0.25, 0.3) is 0 Å². The Labute approximate surface area is 192 Å². The van der Waals surface area contributed by atoms with Crippen LogP contribution in [0.5, 0.6) is 0 Å².